The standard InChI is InChI=1S/C30H33N3O3/c1-19(2)18-32(29(34)23-13-15-24(36-6)16-14-23)22(5)28-31-26-10-8-7-9-25(26)30(35)33(28)27-17-20(3)11-12-21(27)4/h7-17,19,22H,18H2,1-6H3. The van der Waals surface area contributed by atoms with Crippen LogP contribution in [0.3, 0.4) is 0 Å². The first-order valence-corrected chi connectivity index (χ1v) is 12.3. The molecule has 6 heteroatoms. The Labute approximate surface area is 212 Å². The number of hydrogen-bond donors (Lipinski definition) is 0. The zero-order valence-electron chi connectivity index (χ0n) is 21.8. The van der Waals surface area contributed by atoms with E-state index in [1.165, 1.54) is 0 Å². The zero-order valence-corrected chi connectivity index (χ0v) is 21.8. The second-order valence-corrected chi connectivity index (χ2v) is 9.67. The minimum Gasteiger partial charge on any atom is -0.497 e. The molecule has 4 rings (SSSR count). The Morgan fingerprint density at radius 3 is 2.36 bits per heavy atom. The lowest BCUT2D eigenvalue weighted by Gasteiger charge is -2.32. The molecule has 0 bridgehead atoms. The summed E-state index contributed by atoms with van der Waals surface area (Å²) in [5.41, 5.74) is 3.82. The summed E-state index contributed by atoms with van der Waals surface area (Å²) < 4.78 is 6.94. The van der Waals surface area contributed by atoms with Crippen LogP contribution in [0, 0.1) is 19.8 Å². The molecule has 0 radical (unpaired) electrons. The van der Waals surface area contributed by atoms with Gasteiger partial charge in [0.25, 0.3) is 11.5 Å². The highest BCUT2D eigenvalue weighted by atomic mass is 16.5. The number of fused-ring (bicyclic) bond motifs is 1. The Morgan fingerprint density at radius 2 is 1.69 bits per heavy atom. The monoisotopic (exact) mass is 483 g/mol. The van der Waals surface area contributed by atoms with Crippen LogP contribution in [0.1, 0.15) is 54.1 Å². The summed E-state index contributed by atoms with van der Waals surface area (Å²) in [5.74, 6) is 1.33. The maximum absolute atomic E-state index is 13.9. The Morgan fingerprint density at radius 1 is 1.00 bits per heavy atom. The van der Waals surface area contributed by atoms with Crippen molar-refractivity contribution in [2.24, 2.45) is 5.92 Å². The molecule has 1 amide bonds. The van der Waals surface area contributed by atoms with Crippen LogP contribution in [0.5, 0.6) is 5.75 Å². The largest absolute Gasteiger partial charge is 0.497 e. The summed E-state index contributed by atoms with van der Waals surface area (Å²) >= 11 is 0. The van der Waals surface area contributed by atoms with Crippen molar-refractivity contribution in [2.45, 2.75) is 40.7 Å². The van der Waals surface area contributed by atoms with Crippen LogP contribution in [-0.4, -0.2) is 34.0 Å². The van der Waals surface area contributed by atoms with Gasteiger partial charge in [0.05, 0.1) is 29.7 Å². The maximum atomic E-state index is 13.9. The zero-order chi connectivity index (χ0) is 26.0. The number of hydrogen-bond acceptors (Lipinski definition) is 4. The molecule has 0 aliphatic heterocycles. The number of methoxy groups -OCH3 is 1. The lowest BCUT2D eigenvalue weighted by Crippen LogP contribution is -2.39. The van der Waals surface area contributed by atoms with Crippen molar-refractivity contribution < 1.29 is 9.53 Å². The summed E-state index contributed by atoms with van der Waals surface area (Å²) in [6.45, 7) is 10.6. The molecule has 0 fully saturated rings. The van der Waals surface area contributed by atoms with Crippen molar-refractivity contribution in [1.29, 1.82) is 0 Å². The van der Waals surface area contributed by atoms with Crippen LogP contribution < -0.4 is 10.3 Å². The highest BCUT2D eigenvalue weighted by Crippen LogP contribution is 2.27. The lowest BCUT2D eigenvalue weighted by atomic mass is 10.1. The van der Waals surface area contributed by atoms with Crippen LogP contribution in [0.25, 0.3) is 16.6 Å². The van der Waals surface area contributed by atoms with Crippen molar-refractivity contribution in [1.82, 2.24) is 14.5 Å². The highest BCUT2D eigenvalue weighted by Gasteiger charge is 2.28. The van der Waals surface area contributed by atoms with Gasteiger partial charge in [0, 0.05) is 12.1 Å². The first kappa shape index (κ1) is 25.2. The van der Waals surface area contributed by atoms with Crippen LogP contribution in [0.15, 0.2) is 71.5 Å². The molecule has 4 aromatic rings. The van der Waals surface area contributed by atoms with Gasteiger partial charge in [-0.25, -0.2) is 4.98 Å². The average molecular weight is 484 g/mol. The molecule has 186 valence electrons. The van der Waals surface area contributed by atoms with Crippen molar-refractivity contribution in [3.05, 3.63) is 99.6 Å². The molecule has 6 nitrogen and oxygen atoms in total. The Bertz CT molecular complexity index is 1460. The number of aromatic nitrogens is 2. The molecule has 0 N–H and O–H groups in total. The summed E-state index contributed by atoms with van der Waals surface area (Å²) in [6, 6.07) is 20.1. The quantitative estimate of drug-likeness (QED) is 0.330. The number of carbonyl (C=O) groups excluding carboxylic acids is 1. The van der Waals surface area contributed by atoms with E-state index in [4.69, 9.17) is 9.72 Å². The predicted octanol–water partition coefficient (Wildman–Crippen LogP) is 5.87. The van der Waals surface area contributed by atoms with Gasteiger partial charge < -0.3 is 9.64 Å². The summed E-state index contributed by atoms with van der Waals surface area (Å²) in [7, 11) is 1.60. The molecule has 0 saturated carbocycles. The van der Waals surface area contributed by atoms with Gasteiger partial charge in [0.1, 0.15) is 11.6 Å². The molecular formula is C30H33N3O3. The first-order valence-electron chi connectivity index (χ1n) is 12.3. The molecule has 1 heterocycles. The van der Waals surface area contributed by atoms with Crippen molar-refractivity contribution in [2.75, 3.05) is 13.7 Å². The van der Waals surface area contributed by atoms with E-state index in [0.717, 1.165) is 16.8 Å². The molecule has 1 aromatic heterocycles. The van der Waals surface area contributed by atoms with Gasteiger partial charge in [-0.3, -0.25) is 14.2 Å². The Hall–Kier alpha value is -3.93. The molecule has 0 saturated heterocycles. The molecule has 1 atom stereocenters. The van der Waals surface area contributed by atoms with Crippen LogP contribution in [0.4, 0.5) is 0 Å². The fourth-order valence-corrected chi connectivity index (χ4v) is 4.47. The van der Waals surface area contributed by atoms with E-state index in [1.807, 2.05) is 62.1 Å². The topological polar surface area (TPSA) is 64.4 Å². The van der Waals surface area contributed by atoms with E-state index in [9.17, 15) is 9.59 Å². The minimum absolute atomic E-state index is 0.117. The fraction of sp³-hybridized carbons (Fsp3) is 0.300. The van der Waals surface area contributed by atoms with Crippen LogP contribution >= 0.6 is 0 Å². The second kappa shape index (κ2) is 10.4. The Kier molecular flexibility index (Phi) is 7.25. The minimum atomic E-state index is -0.459. The second-order valence-electron chi connectivity index (χ2n) is 9.67. The number of aryl methyl sites for hydroxylation is 2. The first-order chi connectivity index (χ1) is 17.2. The Balaban J connectivity index is 1.92. The third-order valence-corrected chi connectivity index (χ3v) is 6.41. The van der Waals surface area contributed by atoms with E-state index in [2.05, 4.69) is 13.8 Å². The van der Waals surface area contributed by atoms with E-state index in [1.54, 1.807) is 42.0 Å². The van der Waals surface area contributed by atoms with Crippen molar-refractivity contribution in [3.63, 3.8) is 0 Å². The number of para-hydroxylation sites is 1. The van der Waals surface area contributed by atoms with Gasteiger partial charge in [0.2, 0.25) is 0 Å². The van der Waals surface area contributed by atoms with E-state index in [0.29, 0.717) is 34.6 Å². The van der Waals surface area contributed by atoms with Gasteiger partial charge in [-0.05, 0) is 80.3 Å². The highest BCUT2D eigenvalue weighted by molar-refractivity contribution is 5.94. The fourth-order valence-electron chi connectivity index (χ4n) is 4.47. The average Bonchev–Trinajstić information content (AvgIpc) is 2.88. The normalized spacial score (nSPS) is 12.1. The predicted molar refractivity (Wildman–Crippen MR) is 144 cm³/mol. The number of nitrogens with zero attached hydrogens (tertiary/aromatic N) is 3. The summed E-state index contributed by atoms with van der Waals surface area (Å²) in [6.07, 6.45) is 0. The third kappa shape index (κ3) is 4.89. The molecule has 3 aromatic carbocycles. The van der Waals surface area contributed by atoms with Gasteiger partial charge in [-0.15, -0.1) is 0 Å². The number of amides is 1. The smallest absolute Gasteiger partial charge is 0.266 e. The summed E-state index contributed by atoms with van der Waals surface area (Å²) in [5, 5.41) is 0.547. The summed E-state index contributed by atoms with van der Waals surface area (Å²) in [4.78, 5) is 34.4. The van der Waals surface area contributed by atoms with E-state index in [-0.39, 0.29) is 17.4 Å². The van der Waals surface area contributed by atoms with Gasteiger partial charge in [-0.1, -0.05) is 38.1 Å². The lowest BCUT2D eigenvalue weighted by molar-refractivity contribution is 0.0655. The van der Waals surface area contributed by atoms with Crippen LogP contribution in [-0.2, 0) is 0 Å². The third-order valence-electron chi connectivity index (χ3n) is 6.41. The maximum Gasteiger partial charge on any atom is 0.266 e. The number of carbonyl (C=O) groups is 1. The SMILES string of the molecule is COc1ccc(C(=O)N(CC(C)C)C(C)c2nc3ccccc3c(=O)n2-c2cc(C)ccc2C)cc1. The van der Waals surface area contributed by atoms with Gasteiger partial charge in [-0.2, -0.15) is 0 Å². The molecule has 0 spiro atoms. The van der Waals surface area contributed by atoms with Gasteiger partial charge >= 0.3 is 0 Å². The van der Waals surface area contributed by atoms with Crippen molar-refractivity contribution in [3.8, 4) is 11.4 Å². The molecule has 0 aliphatic carbocycles. The molecule has 36 heavy (non-hydrogen) atoms. The van der Waals surface area contributed by atoms with Crippen LogP contribution in [0.2, 0.25) is 0 Å². The molecule has 0 aliphatic rings. The number of ether oxygens (including phenoxy) is 1. The molecular weight excluding hydrogens is 450 g/mol. The van der Waals surface area contributed by atoms with E-state index >= 15 is 0 Å². The molecule has 1 unspecified atom stereocenters. The number of benzene rings is 3. The van der Waals surface area contributed by atoms with E-state index < -0.39 is 6.04 Å². The number of rotatable bonds is 7. The van der Waals surface area contributed by atoms with Gasteiger partial charge in [0.15, 0.2) is 0 Å². The van der Waals surface area contributed by atoms with Crippen molar-refractivity contribution >= 4 is 16.8 Å².